The Morgan fingerprint density at radius 1 is 1.23 bits per heavy atom. The largest absolute Gasteiger partial charge is 0.357 e. The summed E-state index contributed by atoms with van der Waals surface area (Å²) in [7, 11) is -2.90. The van der Waals surface area contributed by atoms with E-state index in [2.05, 4.69) is 58.6 Å². The lowest BCUT2D eigenvalue weighted by molar-refractivity contribution is 0.296. The summed E-state index contributed by atoms with van der Waals surface area (Å²) in [6, 6.07) is 8.46. The van der Waals surface area contributed by atoms with E-state index in [1.165, 1.54) is 5.56 Å². The first-order chi connectivity index (χ1) is 12.5. The molecule has 2 rings (SSSR count). The molecule has 0 spiro atoms. The molecule has 1 atom stereocenters. The molecule has 26 heavy (non-hydrogen) atoms. The van der Waals surface area contributed by atoms with Crippen LogP contribution in [0.5, 0.6) is 0 Å². The number of hydrogen-bond donors (Lipinski definition) is 2. The summed E-state index contributed by atoms with van der Waals surface area (Å²) in [6.45, 7) is 10.7. The third kappa shape index (κ3) is 6.61. The van der Waals surface area contributed by atoms with Gasteiger partial charge in [0.1, 0.15) is 0 Å². The first-order valence-corrected chi connectivity index (χ1v) is 11.3. The van der Waals surface area contributed by atoms with Crippen molar-refractivity contribution < 1.29 is 8.42 Å². The smallest absolute Gasteiger partial charge is 0.191 e. The molecule has 1 aromatic rings. The lowest BCUT2D eigenvalue weighted by atomic mass is 10.1. The van der Waals surface area contributed by atoms with Crippen LogP contribution < -0.4 is 10.6 Å². The molecule has 1 unspecified atom stereocenters. The Kier molecular flexibility index (Phi) is 7.90. The topological polar surface area (TPSA) is 73.8 Å². The number of nitrogens with zero attached hydrogens (tertiary/aromatic N) is 2. The zero-order valence-electron chi connectivity index (χ0n) is 16.2. The highest BCUT2D eigenvalue weighted by molar-refractivity contribution is 7.91. The maximum Gasteiger partial charge on any atom is 0.191 e. The van der Waals surface area contributed by atoms with Crippen molar-refractivity contribution in [3.8, 4) is 0 Å². The van der Waals surface area contributed by atoms with E-state index in [0.717, 1.165) is 31.7 Å². The van der Waals surface area contributed by atoms with Crippen LogP contribution in [0.3, 0.4) is 0 Å². The Balaban J connectivity index is 2.00. The summed E-state index contributed by atoms with van der Waals surface area (Å²) in [5, 5.41) is 6.47. The molecule has 1 aliphatic rings. The average Bonchev–Trinajstić information content (AvgIpc) is 2.96. The molecular formula is C19H32N4O2S. The van der Waals surface area contributed by atoms with Crippen molar-refractivity contribution in [2.24, 2.45) is 4.99 Å². The van der Waals surface area contributed by atoms with Gasteiger partial charge in [-0.3, -0.25) is 4.90 Å². The molecule has 146 valence electrons. The molecule has 0 saturated carbocycles. The molecule has 1 fully saturated rings. The van der Waals surface area contributed by atoms with Crippen LogP contribution in [0.15, 0.2) is 29.3 Å². The van der Waals surface area contributed by atoms with E-state index < -0.39 is 9.84 Å². The van der Waals surface area contributed by atoms with Gasteiger partial charge in [-0.2, -0.15) is 0 Å². The Morgan fingerprint density at radius 2 is 1.96 bits per heavy atom. The lowest BCUT2D eigenvalue weighted by Gasteiger charge is -2.18. The summed E-state index contributed by atoms with van der Waals surface area (Å²) in [6.07, 6.45) is 0.645. The average molecular weight is 381 g/mol. The Morgan fingerprint density at radius 3 is 2.58 bits per heavy atom. The summed E-state index contributed by atoms with van der Waals surface area (Å²) >= 11 is 0. The highest BCUT2D eigenvalue weighted by Crippen LogP contribution is 2.12. The normalized spacial score (nSPS) is 19.7. The fraction of sp³-hybridized carbons (Fsp3) is 0.632. The van der Waals surface area contributed by atoms with Gasteiger partial charge in [-0.05, 0) is 37.6 Å². The van der Waals surface area contributed by atoms with Crippen molar-refractivity contribution >= 4 is 15.8 Å². The molecule has 1 heterocycles. The fourth-order valence-electron chi connectivity index (χ4n) is 3.12. The van der Waals surface area contributed by atoms with Crippen molar-refractivity contribution in [1.82, 2.24) is 15.5 Å². The monoisotopic (exact) mass is 380 g/mol. The Hall–Kier alpha value is -1.60. The van der Waals surface area contributed by atoms with E-state index in [1.54, 1.807) is 0 Å². The number of guanidine groups is 1. The Labute approximate surface area is 158 Å². The van der Waals surface area contributed by atoms with Gasteiger partial charge in [0.2, 0.25) is 0 Å². The van der Waals surface area contributed by atoms with Crippen molar-refractivity contribution in [3.63, 3.8) is 0 Å². The molecule has 0 bridgehead atoms. The van der Waals surface area contributed by atoms with E-state index in [-0.39, 0.29) is 17.5 Å². The van der Waals surface area contributed by atoms with Crippen molar-refractivity contribution in [1.29, 1.82) is 0 Å². The highest BCUT2D eigenvalue weighted by atomic mass is 32.2. The van der Waals surface area contributed by atoms with E-state index in [0.29, 0.717) is 18.9 Å². The maximum atomic E-state index is 11.6. The van der Waals surface area contributed by atoms with E-state index in [1.807, 2.05) is 6.92 Å². The standard InChI is InChI=1S/C19H32N4O2S/c1-4-20-19(22-18-10-11-26(24,25)15-18)21-13-16-8-7-9-17(12-16)14-23(5-2)6-3/h7-9,12,18H,4-6,10-11,13-15H2,1-3H3,(H2,20,21,22). The maximum absolute atomic E-state index is 11.6. The molecule has 0 radical (unpaired) electrons. The van der Waals surface area contributed by atoms with Crippen LogP contribution in [0, 0.1) is 0 Å². The zero-order valence-corrected chi connectivity index (χ0v) is 17.0. The molecule has 0 aromatic heterocycles. The molecular weight excluding hydrogens is 348 g/mol. The van der Waals surface area contributed by atoms with Gasteiger partial charge in [0, 0.05) is 19.1 Å². The van der Waals surface area contributed by atoms with E-state index >= 15 is 0 Å². The van der Waals surface area contributed by atoms with Gasteiger partial charge >= 0.3 is 0 Å². The zero-order chi connectivity index (χ0) is 19.0. The van der Waals surface area contributed by atoms with Gasteiger partial charge in [-0.25, -0.2) is 13.4 Å². The minimum Gasteiger partial charge on any atom is -0.357 e. The lowest BCUT2D eigenvalue weighted by Crippen LogP contribution is -2.44. The number of benzene rings is 1. The van der Waals surface area contributed by atoms with Crippen LogP contribution in [0.1, 0.15) is 38.3 Å². The summed E-state index contributed by atoms with van der Waals surface area (Å²) in [5.74, 6) is 1.14. The minimum absolute atomic E-state index is 0.0493. The van der Waals surface area contributed by atoms with Gasteiger partial charge in [0.15, 0.2) is 15.8 Å². The molecule has 1 saturated heterocycles. The number of aliphatic imine (C=N–C) groups is 1. The second kappa shape index (κ2) is 9.92. The van der Waals surface area contributed by atoms with Crippen molar-refractivity contribution in [2.45, 2.75) is 46.3 Å². The quantitative estimate of drug-likeness (QED) is 0.531. The Bertz CT molecular complexity index is 699. The number of hydrogen-bond acceptors (Lipinski definition) is 4. The summed E-state index contributed by atoms with van der Waals surface area (Å²) in [4.78, 5) is 7.03. The second-order valence-corrected chi connectivity index (χ2v) is 8.95. The first-order valence-electron chi connectivity index (χ1n) is 9.51. The third-order valence-electron chi connectivity index (χ3n) is 4.63. The first kappa shape index (κ1) is 20.7. The van der Waals surface area contributed by atoms with Gasteiger partial charge in [-0.1, -0.05) is 38.1 Å². The molecule has 0 aliphatic carbocycles. The molecule has 2 N–H and O–H groups in total. The van der Waals surface area contributed by atoms with Gasteiger partial charge < -0.3 is 10.6 Å². The van der Waals surface area contributed by atoms with Crippen LogP contribution in [0.2, 0.25) is 0 Å². The SMILES string of the molecule is CCNC(=NCc1cccc(CN(CC)CC)c1)NC1CCS(=O)(=O)C1. The van der Waals surface area contributed by atoms with Crippen LogP contribution >= 0.6 is 0 Å². The van der Waals surface area contributed by atoms with E-state index in [9.17, 15) is 8.42 Å². The summed E-state index contributed by atoms with van der Waals surface area (Å²) < 4.78 is 23.3. The van der Waals surface area contributed by atoms with Crippen LogP contribution in [-0.2, 0) is 22.9 Å². The number of nitrogens with one attached hydrogen (secondary N) is 2. The van der Waals surface area contributed by atoms with E-state index in [4.69, 9.17) is 0 Å². The van der Waals surface area contributed by atoms with Crippen molar-refractivity contribution in [2.75, 3.05) is 31.1 Å². The van der Waals surface area contributed by atoms with Gasteiger partial charge in [-0.15, -0.1) is 0 Å². The predicted molar refractivity (Wildman–Crippen MR) is 108 cm³/mol. The molecule has 7 heteroatoms. The van der Waals surface area contributed by atoms with Gasteiger partial charge in [0.05, 0.1) is 18.1 Å². The molecule has 6 nitrogen and oxygen atoms in total. The third-order valence-corrected chi connectivity index (χ3v) is 6.40. The minimum atomic E-state index is -2.90. The highest BCUT2D eigenvalue weighted by Gasteiger charge is 2.28. The van der Waals surface area contributed by atoms with Gasteiger partial charge in [0.25, 0.3) is 0 Å². The molecule has 1 aromatic carbocycles. The second-order valence-electron chi connectivity index (χ2n) is 6.72. The van der Waals surface area contributed by atoms with Crippen molar-refractivity contribution in [3.05, 3.63) is 35.4 Å². The number of rotatable bonds is 8. The van der Waals surface area contributed by atoms with Crippen LogP contribution in [0.4, 0.5) is 0 Å². The van der Waals surface area contributed by atoms with Crippen LogP contribution in [-0.4, -0.2) is 56.5 Å². The van der Waals surface area contributed by atoms with Crippen LogP contribution in [0.25, 0.3) is 0 Å². The summed E-state index contributed by atoms with van der Waals surface area (Å²) in [5.41, 5.74) is 2.45. The molecule has 0 amide bonds. The fourth-order valence-corrected chi connectivity index (χ4v) is 4.80. The number of sulfone groups is 1. The predicted octanol–water partition coefficient (Wildman–Crippen LogP) is 1.77. The molecule has 1 aliphatic heterocycles.